The van der Waals surface area contributed by atoms with E-state index in [1.807, 2.05) is 45.3 Å². The maximum atomic E-state index is 6.00. The second kappa shape index (κ2) is 5.71. The van der Waals surface area contributed by atoms with Gasteiger partial charge in [-0.1, -0.05) is 12.1 Å². The van der Waals surface area contributed by atoms with Crippen molar-refractivity contribution < 1.29 is 4.74 Å². The van der Waals surface area contributed by atoms with Gasteiger partial charge in [-0.3, -0.25) is 0 Å². The first kappa shape index (κ1) is 13.4. The van der Waals surface area contributed by atoms with Crippen LogP contribution in [0, 0.1) is 10.5 Å². The normalized spacial score (nSPS) is 10.7. The lowest BCUT2D eigenvalue weighted by Gasteiger charge is -2.10. The van der Waals surface area contributed by atoms with Crippen molar-refractivity contribution in [3.8, 4) is 11.6 Å². The van der Waals surface area contributed by atoms with E-state index in [0.717, 1.165) is 33.0 Å². The predicted octanol–water partition coefficient (Wildman–Crippen LogP) is 2.84. The zero-order valence-electron chi connectivity index (χ0n) is 10.7. The number of hydrogen-bond acceptors (Lipinski definition) is 3. The molecule has 2 aromatic rings. The van der Waals surface area contributed by atoms with Gasteiger partial charge in [-0.15, -0.1) is 0 Å². The first-order valence-corrected chi connectivity index (χ1v) is 6.80. The Morgan fingerprint density at radius 3 is 2.78 bits per heavy atom. The molecule has 0 aliphatic rings. The van der Waals surface area contributed by atoms with E-state index in [-0.39, 0.29) is 0 Å². The minimum Gasteiger partial charge on any atom is -0.438 e. The molecule has 1 N–H and O–H groups in total. The molecule has 1 aromatic carbocycles. The van der Waals surface area contributed by atoms with E-state index in [1.165, 1.54) is 0 Å². The molecule has 2 rings (SSSR count). The molecule has 0 unspecified atom stereocenters. The molecule has 96 valence electrons. The van der Waals surface area contributed by atoms with Gasteiger partial charge in [0.2, 0.25) is 5.88 Å². The smallest absolute Gasteiger partial charge is 0.222 e. The van der Waals surface area contributed by atoms with Crippen LogP contribution < -0.4 is 10.1 Å². The fourth-order valence-electron chi connectivity index (χ4n) is 1.82. The summed E-state index contributed by atoms with van der Waals surface area (Å²) in [6, 6.07) is 7.96. The van der Waals surface area contributed by atoms with Crippen LogP contribution in [0.25, 0.3) is 0 Å². The van der Waals surface area contributed by atoms with Crippen molar-refractivity contribution in [2.45, 2.75) is 13.5 Å². The van der Waals surface area contributed by atoms with Gasteiger partial charge in [-0.2, -0.15) is 5.10 Å². The Morgan fingerprint density at radius 2 is 2.11 bits per heavy atom. The van der Waals surface area contributed by atoms with Gasteiger partial charge in [-0.25, -0.2) is 4.68 Å². The average Bonchev–Trinajstić information content (AvgIpc) is 2.59. The van der Waals surface area contributed by atoms with Crippen molar-refractivity contribution >= 4 is 22.6 Å². The minimum absolute atomic E-state index is 0.748. The van der Waals surface area contributed by atoms with E-state index >= 15 is 0 Å². The maximum absolute atomic E-state index is 6.00. The van der Waals surface area contributed by atoms with Crippen LogP contribution in [0.2, 0.25) is 0 Å². The highest BCUT2D eigenvalue weighted by Gasteiger charge is 2.15. The molecule has 4 nitrogen and oxygen atoms in total. The van der Waals surface area contributed by atoms with Crippen LogP contribution in [-0.4, -0.2) is 16.8 Å². The van der Waals surface area contributed by atoms with E-state index in [0.29, 0.717) is 0 Å². The molecule has 0 fully saturated rings. The number of nitrogens with zero attached hydrogens (tertiary/aromatic N) is 2. The summed E-state index contributed by atoms with van der Waals surface area (Å²) in [5.74, 6) is 1.66. The molecule has 0 atom stereocenters. The zero-order valence-corrected chi connectivity index (χ0v) is 12.9. The Kier molecular flexibility index (Phi) is 4.23. The number of aromatic nitrogens is 2. The predicted molar refractivity (Wildman–Crippen MR) is 79.9 cm³/mol. The quantitative estimate of drug-likeness (QED) is 0.856. The van der Waals surface area contributed by atoms with Gasteiger partial charge in [-0.05, 0) is 48.7 Å². The number of hydrogen-bond donors (Lipinski definition) is 1. The monoisotopic (exact) mass is 357 g/mol. The van der Waals surface area contributed by atoms with Gasteiger partial charge >= 0.3 is 0 Å². The van der Waals surface area contributed by atoms with Crippen LogP contribution in [0.5, 0.6) is 11.6 Å². The van der Waals surface area contributed by atoms with Crippen LogP contribution >= 0.6 is 22.6 Å². The fraction of sp³-hybridized carbons (Fsp3) is 0.308. The van der Waals surface area contributed by atoms with E-state index in [1.54, 1.807) is 4.68 Å². The van der Waals surface area contributed by atoms with Crippen molar-refractivity contribution in [1.29, 1.82) is 0 Å². The number of ether oxygens (including phenoxy) is 1. The average molecular weight is 357 g/mol. The fourth-order valence-corrected chi connectivity index (χ4v) is 2.32. The van der Waals surface area contributed by atoms with E-state index in [9.17, 15) is 0 Å². The summed E-state index contributed by atoms with van der Waals surface area (Å²) in [4.78, 5) is 0. The van der Waals surface area contributed by atoms with Gasteiger partial charge in [0.05, 0.1) is 14.8 Å². The molecule has 0 amide bonds. The second-order valence-corrected chi connectivity index (χ2v) is 5.22. The topological polar surface area (TPSA) is 39.1 Å². The summed E-state index contributed by atoms with van der Waals surface area (Å²) in [6.45, 7) is 2.74. The summed E-state index contributed by atoms with van der Waals surface area (Å²) in [7, 11) is 3.82. The lowest BCUT2D eigenvalue weighted by Crippen LogP contribution is -2.07. The first-order valence-electron chi connectivity index (χ1n) is 5.73. The third-order valence-corrected chi connectivity index (χ3v) is 3.58. The van der Waals surface area contributed by atoms with Crippen molar-refractivity contribution in [3.63, 3.8) is 0 Å². The summed E-state index contributed by atoms with van der Waals surface area (Å²) in [5, 5.41) is 7.55. The molecular weight excluding hydrogens is 341 g/mol. The molecule has 18 heavy (non-hydrogen) atoms. The van der Waals surface area contributed by atoms with Crippen molar-refractivity contribution in [2.24, 2.45) is 7.05 Å². The largest absolute Gasteiger partial charge is 0.438 e. The lowest BCUT2D eigenvalue weighted by atomic mass is 10.2. The number of aryl methyl sites for hydroxylation is 2. The van der Waals surface area contributed by atoms with Gasteiger partial charge in [0, 0.05) is 13.6 Å². The molecule has 1 aromatic heterocycles. The van der Waals surface area contributed by atoms with E-state index in [4.69, 9.17) is 4.74 Å². The summed E-state index contributed by atoms with van der Waals surface area (Å²) in [5.41, 5.74) is 2.09. The molecule has 0 bridgehead atoms. The Morgan fingerprint density at radius 1 is 1.39 bits per heavy atom. The van der Waals surface area contributed by atoms with E-state index in [2.05, 4.69) is 33.0 Å². The number of nitrogens with one attached hydrogen (secondary N) is 1. The lowest BCUT2D eigenvalue weighted by molar-refractivity contribution is 0.422. The third kappa shape index (κ3) is 2.67. The van der Waals surface area contributed by atoms with Crippen LogP contribution in [0.15, 0.2) is 24.3 Å². The zero-order chi connectivity index (χ0) is 13.1. The van der Waals surface area contributed by atoms with Crippen LogP contribution in [0.4, 0.5) is 0 Å². The molecule has 0 aliphatic heterocycles. The SMILES string of the molecule is CNCc1c(C)nn(C)c1Oc1ccccc1I. The molecular formula is C13H16IN3O. The molecule has 0 saturated heterocycles. The molecule has 5 heteroatoms. The van der Waals surface area contributed by atoms with Gasteiger partial charge in [0.15, 0.2) is 0 Å². The first-order chi connectivity index (χ1) is 8.63. The number of rotatable bonds is 4. The Balaban J connectivity index is 2.37. The van der Waals surface area contributed by atoms with E-state index < -0.39 is 0 Å². The Bertz CT molecular complexity index is 551. The Labute approximate surface area is 120 Å². The van der Waals surface area contributed by atoms with Gasteiger partial charge in [0.1, 0.15) is 5.75 Å². The standard InChI is InChI=1S/C13H16IN3O/c1-9-10(8-15-2)13(17(3)16-9)18-12-7-5-4-6-11(12)14/h4-7,15H,8H2,1-3H3. The summed E-state index contributed by atoms with van der Waals surface area (Å²) < 4.78 is 8.87. The summed E-state index contributed by atoms with van der Waals surface area (Å²) >= 11 is 2.27. The number of benzene rings is 1. The maximum Gasteiger partial charge on any atom is 0.222 e. The molecule has 1 heterocycles. The van der Waals surface area contributed by atoms with Crippen molar-refractivity contribution in [3.05, 3.63) is 39.1 Å². The highest BCUT2D eigenvalue weighted by atomic mass is 127. The third-order valence-electron chi connectivity index (χ3n) is 2.69. The molecule has 0 spiro atoms. The van der Waals surface area contributed by atoms with Crippen LogP contribution in [-0.2, 0) is 13.6 Å². The molecule has 0 aliphatic carbocycles. The minimum atomic E-state index is 0.748. The second-order valence-electron chi connectivity index (χ2n) is 4.06. The molecule has 0 saturated carbocycles. The number of halogens is 1. The van der Waals surface area contributed by atoms with Gasteiger partial charge in [0.25, 0.3) is 0 Å². The summed E-state index contributed by atoms with van der Waals surface area (Å²) in [6.07, 6.45) is 0. The highest BCUT2D eigenvalue weighted by Crippen LogP contribution is 2.29. The van der Waals surface area contributed by atoms with Crippen LogP contribution in [0.1, 0.15) is 11.3 Å². The Hall–Kier alpha value is -1.08. The number of para-hydroxylation sites is 1. The van der Waals surface area contributed by atoms with Crippen LogP contribution in [0.3, 0.4) is 0 Å². The molecule has 0 radical (unpaired) electrons. The van der Waals surface area contributed by atoms with Gasteiger partial charge < -0.3 is 10.1 Å². The highest BCUT2D eigenvalue weighted by molar-refractivity contribution is 14.1. The van der Waals surface area contributed by atoms with Crippen molar-refractivity contribution in [1.82, 2.24) is 15.1 Å². The van der Waals surface area contributed by atoms with Crippen molar-refractivity contribution in [2.75, 3.05) is 7.05 Å².